The van der Waals surface area contributed by atoms with E-state index in [9.17, 15) is 4.79 Å². The third-order valence-corrected chi connectivity index (χ3v) is 0.786. The molecule has 0 heterocycles. The molecular formula is C3H6NOP. The Balaban J connectivity index is 3.57. The van der Waals surface area contributed by atoms with E-state index in [-0.39, 0.29) is 11.2 Å². The van der Waals surface area contributed by atoms with Crippen LogP contribution in [-0.4, -0.2) is 11.2 Å². The molecule has 3 heteroatoms. The van der Waals surface area contributed by atoms with Gasteiger partial charge in [-0.05, 0) is 0 Å². The largest absolute Gasteiger partial charge is 0.297 e. The van der Waals surface area contributed by atoms with Crippen molar-refractivity contribution in [1.29, 1.82) is 5.41 Å². The average Bonchev–Trinajstić information content (AvgIpc) is 1.36. The van der Waals surface area contributed by atoms with Gasteiger partial charge >= 0.3 is 0 Å². The average molecular weight is 103 g/mol. The van der Waals surface area contributed by atoms with Crippen LogP contribution in [0.25, 0.3) is 0 Å². The van der Waals surface area contributed by atoms with Gasteiger partial charge in [0.2, 0.25) is 0 Å². The third-order valence-electron chi connectivity index (χ3n) is 0.379. The number of hydrogen-bond donors (Lipinski definition) is 1. The fourth-order valence-corrected chi connectivity index (χ4v) is 0. The summed E-state index contributed by atoms with van der Waals surface area (Å²) in [4.78, 5) is 9.90. The summed E-state index contributed by atoms with van der Waals surface area (Å²) in [6.45, 7) is 1.36. The molecule has 0 aromatic heterocycles. The molecular weight excluding hydrogens is 97.0 g/mol. The highest BCUT2D eigenvalue weighted by Crippen LogP contribution is 1.83. The Labute approximate surface area is 38.6 Å². The molecule has 0 saturated carbocycles. The standard InChI is InChI=1S/C3H6NOP/c1-2(5)3(4)6/h4H,6H2,1H3. The van der Waals surface area contributed by atoms with Gasteiger partial charge in [-0.1, -0.05) is 9.24 Å². The summed E-state index contributed by atoms with van der Waals surface area (Å²) >= 11 is 0. The molecule has 1 N–H and O–H groups in total. The highest BCUT2D eigenvalue weighted by Gasteiger charge is 1.89. The Kier molecular flexibility index (Phi) is 1.96. The second-order valence-corrected chi connectivity index (χ2v) is 1.55. The molecule has 0 aliphatic rings. The molecule has 0 rings (SSSR count). The monoisotopic (exact) mass is 103 g/mol. The number of ketones is 1. The molecule has 0 aromatic carbocycles. The number of Topliss-reactive ketones (excluding diaryl/α,β-unsaturated/α-hetero) is 1. The van der Waals surface area contributed by atoms with Crippen molar-refractivity contribution in [3.63, 3.8) is 0 Å². The van der Waals surface area contributed by atoms with E-state index in [0.29, 0.717) is 0 Å². The van der Waals surface area contributed by atoms with Crippen LogP contribution in [0.4, 0.5) is 0 Å². The van der Waals surface area contributed by atoms with Crippen molar-refractivity contribution in [1.82, 2.24) is 0 Å². The molecule has 0 fully saturated rings. The zero-order valence-electron chi connectivity index (χ0n) is 3.49. The lowest BCUT2D eigenvalue weighted by Crippen LogP contribution is -1.96. The van der Waals surface area contributed by atoms with Crippen molar-refractivity contribution in [2.24, 2.45) is 0 Å². The van der Waals surface area contributed by atoms with Gasteiger partial charge in [-0.3, -0.25) is 10.2 Å². The van der Waals surface area contributed by atoms with E-state index in [0.717, 1.165) is 0 Å². The smallest absolute Gasteiger partial charge is 0.177 e. The van der Waals surface area contributed by atoms with Crippen molar-refractivity contribution >= 4 is 20.5 Å². The molecule has 1 unspecified atom stereocenters. The van der Waals surface area contributed by atoms with Crippen LogP contribution in [0.15, 0.2) is 0 Å². The van der Waals surface area contributed by atoms with Crippen molar-refractivity contribution in [3.05, 3.63) is 0 Å². The Hall–Kier alpha value is -0.230. The molecule has 0 radical (unpaired) electrons. The van der Waals surface area contributed by atoms with E-state index in [2.05, 4.69) is 0 Å². The SMILES string of the molecule is CC(=O)C(=N)P. The van der Waals surface area contributed by atoms with E-state index in [1.54, 1.807) is 0 Å². The number of carbonyl (C=O) groups excluding carboxylic acids is 1. The van der Waals surface area contributed by atoms with Gasteiger partial charge in [-0.15, -0.1) is 0 Å². The lowest BCUT2D eigenvalue weighted by atomic mass is 10.5. The van der Waals surface area contributed by atoms with E-state index in [1.165, 1.54) is 6.92 Å². The first kappa shape index (κ1) is 5.77. The van der Waals surface area contributed by atoms with E-state index >= 15 is 0 Å². The van der Waals surface area contributed by atoms with Crippen LogP contribution in [0, 0.1) is 5.41 Å². The van der Waals surface area contributed by atoms with Crippen LogP contribution in [0.3, 0.4) is 0 Å². The first-order valence-corrected chi connectivity index (χ1v) is 2.07. The van der Waals surface area contributed by atoms with Crippen molar-refractivity contribution in [2.75, 3.05) is 0 Å². The topological polar surface area (TPSA) is 40.9 Å². The summed E-state index contributed by atoms with van der Waals surface area (Å²) < 4.78 is 0. The maximum absolute atomic E-state index is 9.90. The Morgan fingerprint density at radius 1 is 1.83 bits per heavy atom. The maximum Gasteiger partial charge on any atom is 0.177 e. The molecule has 2 nitrogen and oxygen atoms in total. The Bertz CT molecular complexity index is 76.8. The number of hydrogen-bond acceptors (Lipinski definition) is 2. The minimum atomic E-state index is -0.194. The van der Waals surface area contributed by atoms with Gasteiger partial charge in [-0.2, -0.15) is 0 Å². The van der Waals surface area contributed by atoms with Crippen LogP contribution in [-0.2, 0) is 4.79 Å². The predicted molar refractivity (Wildman–Crippen MR) is 28.1 cm³/mol. The van der Waals surface area contributed by atoms with Gasteiger partial charge in [0.05, 0.1) is 5.45 Å². The summed E-state index contributed by atoms with van der Waals surface area (Å²) in [5.74, 6) is -0.194. The van der Waals surface area contributed by atoms with E-state index < -0.39 is 0 Å². The fourth-order valence-electron chi connectivity index (χ4n) is 0. The van der Waals surface area contributed by atoms with E-state index in [4.69, 9.17) is 5.41 Å². The summed E-state index contributed by atoms with van der Waals surface area (Å²) in [7, 11) is 2.01. The van der Waals surface area contributed by atoms with Crippen LogP contribution in [0.2, 0.25) is 0 Å². The minimum absolute atomic E-state index is 0.0370. The predicted octanol–water partition coefficient (Wildman–Crippen LogP) is 0.428. The first-order valence-electron chi connectivity index (χ1n) is 1.49. The Morgan fingerprint density at radius 2 is 2.00 bits per heavy atom. The van der Waals surface area contributed by atoms with Gasteiger partial charge in [0.15, 0.2) is 5.78 Å². The van der Waals surface area contributed by atoms with Crippen molar-refractivity contribution in [2.45, 2.75) is 6.92 Å². The maximum atomic E-state index is 9.90. The highest BCUT2D eigenvalue weighted by atomic mass is 31.0. The zero-order valence-corrected chi connectivity index (χ0v) is 4.64. The minimum Gasteiger partial charge on any atom is -0.297 e. The molecule has 0 amide bonds. The second-order valence-electron chi connectivity index (χ2n) is 0.970. The highest BCUT2D eigenvalue weighted by molar-refractivity contribution is 7.45. The number of carbonyl (C=O) groups is 1. The van der Waals surface area contributed by atoms with E-state index in [1.807, 2.05) is 9.24 Å². The molecule has 0 aromatic rings. The van der Waals surface area contributed by atoms with Gasteiger partial charge in [0.1, 0.15) is 0 Å². The van der Waals surface area contributed by atoms with Crippen LogP contribution in [0.1, 0.15) is 6.92 Å². The Morgan fingerprint density at radius 3 is 2.00 bits per heavy atom. The summed E-state index contributed by atoms with van der Waals surface area (Å²) in [6.07, 6.45) is 0. The molecule has 0 spiro atoms. The van der Waals surface area contributed by atoms with Gasteiger partial charge < -0.3 is 0 Å². The van der Waals surface area contributed by atoms with Gasteiger partial charge in [0, 0.05) is 6.92 Å². The summed E-state index contributed by atoms with van der Waals surface area (Å²) in [6, 6.07) is 0. The second kappa shape index (κ2) is 2.04. The number of nitrogens with one attached hydrogen (secondary N) is 1. The lowest BCUT2D eigenvalue weighted by molar-refractivity contribution is -0.110. The fraction of sp³-hybridized carbons (Fsp3) is 0.333. The van der Waals surface area contributed by atoms with Crippen LogP contribution >= 0.6 is 9.24 Å². The van der Waals surface area contributed by atoms with Crippen LogP contribution < -0.4 is 0 Å². The third kappa shape index (κ3) is 2.04. The summed E-state index contributed by atoms with van der Waals surface area (Å²) in [5, 5.41) is 6.56. The molecule has 1 atom stereocenters. The molecule has 6 heavy (non-hydrogen) atoms. The lowest BCUT2D eigenvalue weighted by Gasteiger charge is -1.78. The molecule has 0 bridgehead atoms. The molecule has 0 saturated heterocycles. The zero-order chi connectivity index (χ0) is 5.15. The van der Waals surface area contributed by atoms with Crippen molar-refractivity contribution < 1.29 is 4.79 Å². The summed E-state index contributed by atoms with van der Waals surface area (Å²) in [5.41, 5.74) is 0.0370. The first-order chi connectivity index (χ1) is 2.64. The number of rotatable bonds is 1. The van der Waals surface area contributed by atoms with Gasteiger partial charge in [0.25, 0.3) is 0 Å². The molecule has 34 valence electrons. The molecule has 0 aliphatic heterocycles. The van der Waals surface area contributed by atoms with Crippen LogP contribution in [0.5, 0.6) is 0 Å². The van der Waals surface area contributed by atoms with Crippen molar-refractivity contribution in [3.8, 4) is 0 Å². The quantitative estimate of drug-likeness (QED) is 0.379. The normalized spacial score (nSPS) is 7.67. The molecule has 0 aliphatic carbocycles. The van der Waals surface area contributed by atoms with Gasteiger partial charge in [-0.25, -0.2) is 0 Å².